The van der Waals surface area contributed by atoms with Gasteiger partial charge < -0.3 is 0 Å². The van der Waals surface area contributed by atoms with Crippen molar-refractivity contribution in [2.75, 3.05) is 6.54 Å². The minimum Gasteiger partial charge on any atom is -0.299 e. The number of benzene rings is 1. The summed E-state index contributed by atoms with van der Waals surface area (Å²) >= 11 is 5.93. The highest BCUT2D eigenvalue weighted by Crippen LogP contribution is 2.28. The van der Waals surface area contributed by atoms with Crippen molar-refractivity contribution in [1.29, 1.82) is 5.26 Å². The molecule has 0 amide bonds. The second-order valence-corrected chi connectivity index (χ2v) is 5.14. The molecule has 1 aromatic rings. The van der Waals surface area contributed by atoms with Gasteiger partial charge in [-0.25, -0.2) is 0 Å². The maximum atomic E-state index is 9.22. The Labute approximate surface area is 108 Å². The maximum absolute atomic E-state index is 9.22. The van der Waals surface area contributed by atoms with Crippen LogP contribution in [0.3, 0.4) is 0 Å². The molecule has 2 nitrogen and oxygen atoms in total. The third-order valence-corrected chi connectivity index (χ3v) is 3.67. The van der Waals surface area contributed by atoms with Gasteiger partial charge >= 0.3 is 0 Å². The Hall–Kier alpha value is -1.04. The zero-order valence-corrected chi connectivity index (χ0v) is 10.6. The first-order valence-electron chi connectivity index (χ1n) is 6.15. The van der Waals surface area contributed by atoms with Gasteiger partial charge in [0.25, 0.3) is 0 Å². The van der Waals surface area contributed by atoms with Gasteiger partial charge in [0.15, 0.2) is 0 Å². The highest BCUT2D eigenvalue weighted by Gasteiger charge is 2.32. The number of nitrogens with zero attached hydrogens (tertiary/aromatic N) is 1. The number of hydrogen-bond acceptors (Lipinski definition) is 2. The predicted octanol–water partition coefficient (Wildman–Crippen LogP) is 3.31. The predicted molar refractivity (Wildman–Crippen MR) is 70.0 cm³/mol. The van der Waals surface area contributed by atoms with Crippen molar-refractivity contribution in [3.05, 3.63) is 34.9 Å². The molecule has 1 N–H and O–H groups in total. The van der Waals surface area contributed by atoms with Crippen molar-refractivity contribution < 1.29 is 0 Å². The third kappa shape index (κ3) is 3.21. The molecule has 90 valence electrons. The number of rotatable bonds is 4. The van der Waals surface area contributed by atoms with Crippen molar-refractivity contribution in [2.24, 2.45) is 0 Å². The third-order valence-electron chi connectivity index (χ3n) is 3.44. The van der Waals surface area contributed by atoms with Gasteiger partial charge in [-0.05, 0) is 37.0 Å². The van der Waals surface area contributed by atoms with Gasteiger partial charge in [-0.15, -0.1) is 0 Å². The lowest BCUT2D eigenvalue weighted by Gasteiger charge is -2.21. The first kappa shape index (κ1) is 12.4. The number of nitrogens with one attached hydrogen (secondary N) is 1. The van der Waals surface area contributed by atoms with Gasteiger partial charge in [0, 0.05) is 11.6 Å². The van der Waals surface area contributed by atoms with Crippen LogP contribution in [0.25, 0.3) is 0 Å². The van der Waals surface area contributed by atoms with E-state index in [0.29, 0.717) is 0 Å². The van der Waals surface area contributed by atoms with Crippen LogP contribution in [0.5, 0.6) is 0 Å². The summed E-state index contributed by atoms with van der Waals surface area (Å²) in [6, 6.07) is 10.3. The number of hydrogen-bond donors (Lipinski definition) is 1. The Balaban J connectivity index is 1.85. The van der Waals surface area contributed by atoms with E-state index in [-0.39, 0.29) is 5.54 Å². The maximum Gasteiger partial charge on any atom is 0.106 e. The van der Waals surface area contributed by atoms with Crippen molar-refractivity contribution in [3.8, 4) is 6.07 Å². The lowest BCUT2D eigenvalue weighted by molar-refractivity contribution is 0.426. The lowest BCUT2D eigenvalue weighted by atomic mass is 9.99. The molecule has 0 spiro atoms. The van der Waals surface area contributed by atoms with Crippen LogP contribution in [0, 0.1) is 11.3 Å². The van der Waals surface area contributed by atoms with E-state index in [1.54, 1.807) is 0 Å². The fraction of sp³-hybridized carbons (Fsp3) is 0.500. The molecule has 0 saturated heterocycles. The standard InChI is InChI=1S/C14H17ClN2/c15-13-5-3-4-12(10-13)6-9-17-14(11-16)7-1-2-8-14/h3-5,10,17H,1-2,6-9H2. The molecule has 1 aliphatic carbocycles. The molecule has 1 aliphatic rings. The highest BCUT2D eigenvalue weighted by molar-refractivity contribution is 6.30. The van der Waals surface area contributed by atoms with Gasteiger partial charge in [0.05, 0.1) is 6.07 Å². The van der Waals surface area contributed by atoms with Crippen molar-refractivity contribution in [3.63, 3.8) is 0 Å². The first-order valence-corrected chi connectivity index (χ1v) is 6.53. The molecule has 1 saturated carbocycles. The van der Waals surface area contributed by atoms with Gasteiger partial charge in [0.1, 0.15) is 5.54 Å². The molecular formula is C14H17ClN2. The number of nitriles is 1. The summed E-state index contributed by atoms with van der Waals surface area (Å²) in [5, 5.41) is 13.4. The summed E-state index contributed by atoms with van der Waals surface area (Å²) in [5.74, 6) is 0. The van der Waals surface area contributed by atoms with Gasteiger partial charge in [-0.2, -0.15) is 5.26 Å². The van der Waals surface area contributed by atoms with Crippen LogP contribution >= 0.6 is 11.6 Å². The van der Waals surface area contributed by atoms with E-state index in [1.165, 1.54) is 5.56 Å². The van der Waals surface area contributed by atoms with Gasteiger partial charge in [-0.3, -0.25) is 5.32 Å². The smallest absolute Gasteiger partial charge is 0.106 e. The second kappa shape index (κ2) is 5.53. The molecule has 0 aromatic heterocycles. The topological polar surface area (TPSA) is 35.8 Å². The van der Waals surface area contributed by atoms with Crippen LogP contribution in [0.4, 0.5) is 0 Å². The molecule has 0 radical (unpaired) electrons. The zero-order valence-electron chi connectivity index (χ0n) is 9.88. The SMILES string of the molecule is N#CC1(NCCc2cccc(Cl)c2)CCCC1. The molecule has 2 rings (SSSR count). The molecule has 0 unspecified atom stereocenters. The molecule has 1 fully saturated rings. The minimum atomic E-state index is -0.265. The molecule has 17 heavy (non-hydrogen) atoms. The zero-order chi connectivity index (χ0) is 12.1. The average Bonchev–Trinajstić information content (AvgIpc) is 2.79. The van der Waals surface area contributed by atoms with E-state index in [9.17, 15) is 5.26 Å². The highest BCUT2D eigenvalue weighted by atomic mass is 35.5. The summed E-state index contributed by atoms with van der Waals surface area (Å²) in [7, 11) is 0. The van der Waals surface area contributed by atoms with E-state index in [0.717, 1.165) is 43.7 Å². The van der Waals surface area contributed by atoms with E-state index >= 15 is 0 Å². The van der Waals surface area contributed by atoms with E-state index in [2.05, 4.69) is 17.5 Å². The summed E-state index contributed by atoms with van der Waals surface area (Å²) in [6.45, 7) is 0.841. The Kier molecular flexibility index (Phi) is 4.04. The molecular weight excluding hydrogens is 232 g/mol. The van der Waals surface area contributed by atoms with Crippen LogP contribution < -0.4 is 5.32 Å². The van der Waals surface area contributed by atoms with E-state index in [1.807, 2.05) is 18.2 Å². The Morgan fingerprint density at radius 2 is 2.12 bits per heavy atom. The normalized spacial score (nSPS) is 17.9. The molecule has 0 aliphatic heterocycles. The molecule has 1 aromatic carbocycles. The van der Waals surface area contributed by atoms with Gasteiger partial charge in [-0.1, -0.05) is 36.6 Å². The molecule has 3 heteroatoms. The molecule has 0 bridgehead atoms. The Morgan fingerprint density at radius 3 is 2.76 bits per heavy atom. The van der Waals surface area contributed by atoms with E-state index < -0.39 is 0 Å². The average molecular weight is 249 g/mol. The quantitative estimate of drug-likeness (QED) is 0.888. The Morgan fingerprint density at radius 1 is 1.35 bits per heavy atom. The van der Waals surface area contributed by atoms with Crippen LogP contribution in [-0.2, 0) is 6.42 Å². The van der Waals surface area contributed by atoms with Crippen molar-refractivity contribution in [2.45, 2.75) is 37.6 Å². The minimum absolute atomic E-state index is 0.265. The van der Waals surface area contributed by atoms with Crippen LogP contribution in [-0.4, -0.2) is 12.1 Å². The second-order valence-electron chi connectivity index (χ2n) is 4.71. The molecule has 0 heterocycles. The first-order chi connectivity index (χ1) is 8.24. The largest absolute Gasteiger partial charge is 0.299 e. The summed E-state index contributed by atoms with van der Waals surface area (Å²) in [4.78, 5) is 0. The van der Waals surface area contributed by atoms with Crippen LogP contribution in [0.15, 0.2) is 24.3 Å². The fourth-order valence-electron chi connectivity index (χ4n) is 2.45. The van der Waals surface area contributed by atoms with Crippen LogP contribution in [0.1, 0.15) is 31.2 Å². The summed E-state index contributed by atoms with van der Waals surface area (Å²) in [6.07, 6.45) is 5.22. The van der Waals surface area contributed by atoms with Gasteiger partial charge in [0.2, 0.25) is 0 Å². The van der Waals surface area contributed by atoms with Crippen LogP contribution in [0.2, 0.25) is 5.02 Å². The number of halogens is 1. The summed E-state index contributed by atoms with van der Waals surface area (Å²) < 4.78 is 0. The Bertz CT molecular complexity index is 416. The monoisotopic (exact) mass is 248 g/mol. The van der Waals surface area contributed by atoms with Crippen molar-refractivity contribution in [1.82, 2.24) is 5.32 Å². The fourth-order valence-corrected chi connectivity index (χ4v) is 2.66. The molecule has 0 atom stereocenters. The van der Waals surface area contributed by atoms with Crippen molar-refractivity contribution >= 4 is 11.6 Å². The van der Waals surface area contributed by atoms with E-state index in [4.69, 9.17) is 11.6 Å². The summed E-state index contributed by atoms with van der Waals surface area (Å²) in [5.41, 5.74) is 0.953. The lowest BCUT2D eigenvalue weighted by Crippen LogP contribution is -2.42.